The van der Waals surface area contributed by atoms with E-state index < -0.39 is 0 Å². The first-order valence-electron chi connectivity index (χ1n) is 7.09. The van der Waals surface area contributed by atoms with E-state index in [9.17, 15) is 0 Å². The number of aromatic nitrogens is 3. The number of hydrogen-bond acceptors (Lipinski definition) is 5. The molecule has 0 aromatic carbocycles. The van der Waals surface area contributed by atoms with E-state index in [1.165, 1.54) is 0 Å². The van der Waals surface area contributed by atoms with Crippen LogP contribution in [0.5, 0.6) is 0 Å². The summed E-state index contributed by atoms with van der Waals surface area (Å²) in [4.78, 5) is 6.69. The number of ether oxygens (including phenoxy) is 1. The molecule has 0 aliphatic carbocycles. The second-order valence-electron chi connectivity index (χ2n) is 5.39. The lowest BCUT2D eigenvalue weighted by molar-refractivity contribution is -0.0389. The van der Waals surface area contributed by atoms with Crippen LogP contribution in [-0.2, 0) is 11.2 Å². The van der Waals surface area contributed by atoms with Crippen molar-refractivity contribution in [2.75, 3.05) is 26.2 Å². The first kappa shape index (κ1) is 14.4. The minimum absolute atomic E-state index is 0.0314. The average molecular weight is 267 g/mol. The van der Waals surface area contributed by atoms with Gasteiger partial charge < -0.3 is 10.5 Å². The molecule has 1 aliphatic rings. The lowest BCUT2D eigenvalue weighted by Gasteiger charge is -2.35. The monoisotopic (exact) mass is 267 g/mol. The standard InChI is InChI=1S/C13H25N5O/c1-4-17-5-6-19-12(8-17)11(14)7-13-15-9-16-18(13)10(2)3/h9-12H,4-8,14H2,1-3H3. The van der Waals surface area contributed by atoms with E-state index in [4.69, 9.17) is 10.5 Å². The Morgan fingerprint density at radius 3 is 3.00 bits per heavy atom. The highest BCUT2D eigenvalue weighted by molar-refractivity contribution is 4.94. The third-order valence-corrected chi connectivity index (χ3v) is 3.66. The lowest BCUT2D eigenvalue weighted by atomic mass is 10.1. The van der Waals surface area contributed by atoms with Crippen LogP contribution >= 0.6 is 0 Å². The number of likely N-dealkylation sites (N-methyl/N-ethyl adjacent to an activating group) is 1. The molecule has 2 atom stereocenters. The molecule has 1 fully saturated rings. The fourth-order valence-electron chi connectivity index (χ4n) is 2.47. The van der Waals surface area contributed by atoms with Crippen molar-refractivity contribution in [2.45, 2.75) is 45.4 Å². The highest BCUT2D eigenvalue weighted by Gasteiger charge is 2.26. The van der Waals surface area contributed by atoms with Gasteiger partial charge in [-0.3, -0.25) is 4.90 Å². The zero-order chi connectivity index (χ0) is 13.8. The van der Waals surface area contributed by atoms with Crippen LogP contribution in [0.15, 0.2) is 6.33 Å². The van der Waals surface area contributed by atoms with Gasteiger partial charge in [0.25, 0.3) is 0 Å². The summed E-state index contributed by atoms with van der Waals surface area (Å²) in [6, 6.07) is 0.278. The molecule has 0 amide bonds. The van der Waals surface area contributed by atoms with E-state index >= 15 is 0 Å². The number of hydrogen-bond donors (Lipinski definition) is 1. The van der Waals surface area contributed by atoms with Crippen molar-refractivity contribution < 1.29 is 4.74 Å². The fraction of sp³-hybridized carbons (Fsp3) is 0.846. The van der Waals surface area contributed by atoms with Gasteiger partial charge in [-0.2, -0.15) is 5.10 Å². The van der Waals surface area contributed by atoms with Gasteiger partial charge in [0.1, 0.15) is 12.2 Å². The quantitative estimate of drug-likeness (QED) is 0.839. The molecule has 1 aromatic heterocycles. The molecule has 2 rings (SSSR count). The molecule has 0 saturated carbocycles. The molecule has 0 bridgehead atoms. The van der Waals surface area contributed by atoms with Crippen LogP contribution in [0.4, 0.5) is 0 Å². The first-order chi connectivity index (χ1) is 9.11. The Labute approximate surface area is 114 Å². The van der Waals surface area contributed by atoms with Gasteiger partial charge in [0, 0.05) is 31.6 Å². The van der Waals surface area contributed by atoms with Gasteiger partial charge in [-0.05, 0) is 20.4 Å². The van der Waals surface area contributed by atoms with Crippen LogP contribution in [0, 0.1) is 0 Å². The van der Waals surface area contributed by atoms with Crippen molar-refractivity contribution in [3.63, 3.8) is 0 Å². The van der Waals surface area contributed by atoms with Crippen LogP contribution in [0.1, 0.15) is 32.6 Å². The van der Waals surface area contributed by atoms with Crippen LogP contribution < -0.4 is 5.73 Å². The maximum absolute atomic E-state index is 6.29. The Bertz CT molecular complexity index is 392. The van der Waals surface area contributed by atoms with E-state index in [0.29, 0.717) is 12.5 Å². The second kappa shape index (κ2) is 6.45. The Balaban J connectivity index is 1.96. The third kappa shape index (κ3) is 3.52. The molecule has 2 heterocycles. The summed E-state index contributed by atoms with van der Waals surface area (Å²) in [5.41, 5.74) is 6.29. The lowest BCUT2D eigenvalue weighted by Crippen LogP contribution is -2.51. The Hall–Kier alpha value is -0.980. The maximum atomic E-state index is 6.29. The van der Waals surface area contributed by atoms with Gasteiger partial charge >= 0.3 is 0 Å². The predicted molar refractivity (Wildman–Crippen MR) is 73.9 cm³/mol. The Morgan fingerprint density at radius 1 is 1.53 bits per heavy atom. The zero-order valence-corrected chi connectivity index (χ0v) is 12.1. The molecule has 1 saturated heterocycles. The highest BCUT2D eigenvalue weighted by Crippen LogP contribution is 2.12. The van der Waals surface area contributed by atoms with E-state index in [0.717, 1.165) is 32.1 Å². The van der Waals surface area contributed by atoms with Crippen LogP contribution in [0.3, 0.4) is 0 Å². The van der Waals surface area contributed by atoms with Crippen molar-refractivity contribution in [3.05, 3.63) is 12.2 Å². The van der Waals surface area contributed by atoms with Gasteiger partial charge in [0.2, 0.25) is 0 Å². The summed E-state index contributed by atoms with van der Waals surface area (Å²) in [5.74, 6) is 0.944. The van der Waals surface area contributed by atoms with Gasteiger partial charge in [0.05, 0.1) is 12.7 Å². The molecule has 2 unspecified atom stereocenters. The number of rotatable bonds is 5. The fourth-order valence-corrected chi connectivity index (χ4v) is 2.47. The Kier molecular flexibility index (Phi) is 4.90. The molecule has 0 radical (unpaired) electrons. The van der Waals surface area contributed by atoms with Gasteiger partial charge in [-0.15, -0.1) is 0 Å². The summed E-state index contributed by atoms with van der Waals surface area (Å²) >= 11 is 0. The largest absolute Gasteiger partial charge is 0.374 e. The summed E-state index contributed by atoms with van der Waals surface area (Å²) < 4.78 is 7.73. The molecule has 19 heavy (non-hydrogen) atoms. The molecular formula is C13H25N5O. The van der Waals surface area contributed by atoms with Gasteiger partial charge in [-0.1, -0.05) is 6.92 Å². The molecular weight excluding hydrogens is 242 g/mol. The Morgan fingerprint density at radius 2 is 2.32 bits per heavy atom. The summed E-state index contributed by atoms with van der Waals surface area (Å²) in [7, 11) is 0. The molecule has 2 N–H and O–H groups in total. The number of morpholine rings is 1. The minimum atomic E-state index is -0.0314. The van der Waals surface area contributed by atoms with Crippen molar-refractivity contribution in [3.8, 4) is 0 Å². The third-order valence-electron chi connectivity index (χ3n) is 3.66. The van der Waals surface area contributed by atoms with Crippen LogP contribution in [0.25, 0.3) is 0 Å². The smallest absolute Gasteiger partial charge is 0.138 e. The maximum Gasteiger partial charge on any atom is 0.138 e. The average Bonchev–Trinajstić information content (AvgIpc) is 2.87. The van der Waals surface area contributed by atoms with Crippen LogP contribution in [-0.4, -0.2) is 58.1 Å². The normalized spacial score (nSPS) is 22.9. The molecule has 1 aromatic rings. The van der Waals surface area contributed by atoms with E-state index in [1.807, 2.05) is 4.68 Å². The summed E-state index contributed by atoms with van der Waals surface area (Å²) in [5, 5.41) is 4.24. The van der Waals surface area contributed by atoms with Crippen molar-refractivity contribution >= 4 is 0 Å². The SMILES string of the molecule is CCN1CCOC(C(N)Cc2ncnn2C(C)C)C1. The van der Waals surface area contributed by atoms with Gasteiger partial charge in [-0.25, -0.2) is 9.67 Å². The van der Waals surface area contributed by atoms with Crippen molar-refractivity contribution in [1.29, 1.82) is 0 Å². The van der Waals surface area contributed by atoms with Crippen molar-refractivity contribution in [1.82, 2.24) is 19.7 Å². The van der Waals surface area contributed by atoms with Gasteiger partial charge in [0.15, 0.2) is 0 Å². The first-order valence-corrected chi connectivity index (χ1v) is 7.09. The highest BCUT2D eigenvalue weighted by atomic mass is 16.5. The minimum Gasteiger partial charge on any atom is -0.374 e. The van der Waals surface area contributed by atoms with E-state index in [1.54, 1.807) is 6.33 Å². The molecule has 108 valence electrons. The van der Waals surface area contributed by atoms with E-state index in [2.05, 4.69) is 35.8 Å². The van der Waals surface area contributed by atoms with Crippen LogP contribution in [0.2, 0.25) is 0 Å². The summed E-state index contributed by atoms with van der Waals surface area (Å²) in [6.45, 7) is 10.1. The second-order valence-corrected chi connectivity index (χ2v) is 5.39. The van der Waals surface area contributed by atoms with E-state index in [-0.39, 0.29) is 12.1 Å². The molecule has 6 heteroatoms. The molecule has 1 aliphatic heterocycles. The summed E-state index contributed by atoms with van der Waals surface area (Å²) in [6.07, 6.45) is 2.40. The number of nitrogens with zero attached hydrogens (tertiary/aromatic N) is 4. The number of nitrogens with two attached hydrogens (primary N) is 1. The zero-order valence-electron chi connectivity index (χ0n) is 12.1. The van der Waals surface area contributed by atoms with Crippen molar-refractivity contribution in [2.24, 2.45) is 5.73 Å². The molecule has 6 nitrogen and oxygen atoms in total. The topological polar surface area (TPSA) is 69.2 Å². The predicted octanol–water partition coefficient (Wildman–Crippen LogP) is 0.450. The molecule has 0 spiro atoms.